The Morgan fingerprint density at radius 2 is 1.83 bits per heavy atom. The molecule has 0 atom stereocenters. The molecule has 2 heterocycles. The second-order valence-corrected chi connectivity index (χ2v) is 8.00. The van der Waals surface area contributed by atoms with E-state index in [1.54, 1.807) is 23.0 Å². The van der Waals surface area contributed by atoms with Crippen molar-refractivity contribution >= 4 is 29.9 Å². The number of carbonyl (C=O) groups excluding carboxylic acids is 2. The molecule has 1 saturated carbocycles. The summed E-state index contributed by atoms with van der Waals surface area (Å²) in [6, 6.07) is 5.90. The van der Waals surface area contributed by atoms with E-state index in [9.17, 15) is 9.59 Å². The minimum atomic E-state index is -0.295. The molecule has 0 radical (unpaired) electrons. The first-order valence-corrected chi connectivity index (χ1v) is 10.5. The van der Waals surface area contributed by atoms with Crippen LogP contribution in [0.5, 0.6) is 0 Å². The molecule has 4 rings (SSSR count). The Kier molecular flexibility index (Phi) is 7.44. The van der Waals surface area contributed by atoms with Crippen LogP contribution >= 0.6 is 12.4 Å². The summed E-state index contributed by atoms with van der Waals surface area (Å²) < 4.78 is 1.79. The fourth-order valence-electron chi connectivity index (χ4n) is 4.10. The van der Waals surface area contributed by atoms with Gasteiger partial charge in [-0.2, -0.15) is 0 Å². The van der Waals surface area contributed by atoms with E-state index < -0.39 is 0 Å². The SMILES string of the molecule is Cc1cc(C(=O)NC2CCCC2)ccc1NC(=O)c1cn(C2CCNCC2)nn1.Cl. The van der Waals surface area contributed by atoms with Crippen LogP contribution in [0.4, 0.5) is 5.69 Å². The van der Waals surface area contributed by atoms with Gasteiger partial charge in [-0.05, 0) is 69.5 Å². The number of aryl methyl sites for hydroxylation is 1. The van der Waals surface area contributed by atoms with Crippen molar-refractivity contribution in [1.29, 1.82) is 0 Å². The Labute approximate surface area is 182 Å². The van der Waals surface area contributed by atoms with Crippen molar-refractivity contribution in [3.8, 4) is 0 Å². The Morgan fingerprint density at radius 1 is 1.10 bits per heavy atom. The lowest BCUT2D eigenvalue weighted by molar-refractivity contribution is 0.0937. The highest BCUT2D eigenvalue weighted by molar-refractivity contribution is 6.03. The van der Waals surface area contributed by atoms with Crippen LogP contribution in [-0.4, -0.2) is 45.9 Å². The number of rotatable bonds is 5. The number of nitrogens with zero attached hydrogens (tertiary/aromatic N) is 3. The Bertz CT molecular complexity index is 887. The van der Waals surface area contributed by atoms with Crippen LogP contribution in [-0.2, 0) is 0 Å². The van der Waals surface area contributed by atoms with E-state index in [-0.39, 0.29) is 36.3 Å². The summed E-state index contributed by atoms with van der Waals surface area (Å²) in [6.45, 7) is 3.78. The second-order valence-electron chi connectivity index (χ2n) is 8.00. The summed E-state index contributed by atoms with van der Waals surface area (Å²) in [5.74, 6) is -0.348. The van der Waals surface area contributed by atoms with Crippen LogP contribution in [0.1, 0.15) is 71.0 Å². The molecule has 2 aromatic rings. The molecule has 162 valence electrons. The number of piperidine rings is 1. The van der Waals surface area contributed by atoms with Gasteiger partial charge in [-0.3, -0.25) is 9.59 Å². The normalized spacial score (nSPS) is 17.4. The zero-order valence-corrected chi connectivity index (χ0v) is 18.0. The number of carbonyl (C=O) groups is 2. The highest BCUT2D eigenvalue weighted by atomic mass is 35.5. The van der Waals surface area contributed by atoms with Gasteiger partial charge in [0.25, 0.3) is 11.8 Å². The Morgan fingerprint density at radius 3 is 2.53 bits per heavy atom. The molecule has 3 N–H and O–H groups in total. The fraction of sp³-hybridized carbons (Fsp3) is 0.524. The largest absolute Gasteiger partial charge is 0.349 e. The predicted molar refractivity (Wildman–Crippen MR) is 117 cm³/mol. The minimum absolute atomic E-state index is 0. The molecule has 1 aliphatic carbocycles. The lowest BCUT2D eigenvalue weighted by Crippen LogP contribution is -2.32. The summed E-state index contributed by atoms with van der Waals surface area (Å²) in [4.78, 5) is 25.0. The van der Waals surface area contributed by atoms with Gasteiger partial charge in [0.1, 0.15) is 0 Å². The number of aromatic nitrogens is 3. The summed E-state index contributed by atoms with van der Waals surface area (Å²) in [5.41, 5.74) is 2.42. The predicted octanol–water partition coefficient (Wildman–Crippen LogP) is 2.86. The third kappa shape index (κ3) is 5.17. The fourth-order valence-corrected chi connectivity index (χ4v) is 4.10. The van der Waals surface area contributed by atoms with Crippen molar-refractivity contribution in [3.05, 3.63) is 41.2 Å². The zero-order chi connectivity index (χ0) is 20.2. The lowest BCUT2D eigenvalue weighted by atomic mass is 10.1. The second kappa shape index (κ2) is 10.0. The summed E-state index contributed by atoms with van der Waals surface area (Å²) in [5, 5.41) is 17.5. The number of nitrogens with one attached hydrogen (secondary N) is 3. The van der Waals surface area contributed by atoms with E-state index in [1.165, 1.54) is 12.8 Å². The molecule has 30 heavy (non-hydrogen) atoms. The highest BCUT2D eigenvalue weighted by Gasteiger charge is 2.20. The summed E-state index contributed by atoms with van der Waals surface area (Å²) >= 11 is 0. The maximum atomic E-state index is 12.6. The van der Waals surface area contributed by atoms with Gasteiger partial charge >= 0.3 is 0 Å². The summed E-state index contributed by atoms with van der Waals surface area (Å²) in [7, 11) is 0. The van der Waals surface area contributed by atoms with Gasteiger partial charge in [0.05, 0.1) is 12.2 Å². The van der Waals surface area contributed by atoms with Crippen LogP contribution in [0.25, 0.3) is 0 Å². The molecule has 0 unspecified atom stereocenters. The number of halogens is 1. The van der Waals surface area contributed by atoms with E-state index in [4.69, 9.17) is 0 Å². The standard InChI is InChI=1S/C21H28N6O2.ClH/c1-14-12-15(20(28)23-16-4-2-3-5-16)6-7-18(14)24-21(29)19-13-27(26-25-19)17-8-10-22-11-9-17;/h6-7,12-13,16-17,22H,2-5,8-11H2,1H3,(H,23,28)(H,24,29);1H. The zero-order valence-electron chi connectivity index (χ0n) is 17.2. The average molecular weight is 433 g/mol. The first-order chi connectivity index (χ1) is 14.1. The van der Waals surface area contributed by atoms with Gasteiger partial charge < -0.3 is 16.0 Å². The molecule has 2 fully saturated rings. The first kappa shape index (κ1) is 22.2. The molecule has 2 aliphatic rings. The summed E-state index contributed by atoms with van der Waals surface area (Å²) in [6.07, 6.45) is 8.13. The quantitative estimate of drug-likeness (QED) is 0.674. The van der Waals surface area contributed by atoms with Crippen molar-refractivity contribution in [3.63, 3.8) is 0 Å². The molecule has 9 heteroatoms. The highest BCUT2D eigenvalue weighted by Crippen LogP contribution is 2.21. The molecule has 8 nitrogen and oxygen atoms in total. The van der Waals surface area contributed by atoms with Gasteiger partial charge in [-0.25, -0.2) is 4.68 Å². The van der Waals surface area contributed by atoms with E-state index in [0.717, 1.165) is 44.3 Å². The monoisotopic (exact) mass is 432 g/mol. The molecule has 0 spiro atoms. The number of amides is 2. The van der Waals surface area contributed by atoms with Crippen LogP contribution < -0.4 is 16.0 Å². The number of benzene rings is 1. The van der Waals surface area contributed by atoms with E-state index in [1.807, 2.05) is 13.0 Å². The van der Waals surface area contributed by atoms with Crippen molar-refractivity contribution in [2.24, 2.45) is 0 Å². The molecular formula is C21H29ClN6O2. The van der Waals surface area contributed by atoms with Gasteiger partial charge in [-0.15, -0.1) is 17.5 Å². The van der Waals surface area contributed by atoms with Gasteiger partial charge in [-0.1, -0.05) is 18.1 Å². The van der Waals surface area contributed by atoms with Crippen molar-refractivity contribution < 1.29 is 9.59 Å². The molecule has 1 aromatic carbocycles. The average Bonchev–Trinajstić information content (AvgIpc) is 3.42. The number of hydrogen-bond acceptors (Lipinski definition) is 5. The molecule has 2 amide bonds. The Balaban J connectivity index is 0.00000256. The maximum absolute atomic E-state index is 12.6. The van der Waals surface area contributed by atoms with Crippen molar-refractivity contribution in [1.82, 2.24) is 25.6 Å². The molecule has 1 saturated heterocycles. The van der Waals surface area contributed by atoms with E-state index in [0.29, 0.717) is 16.9 Å². The minimum Gasteiger partial charge on any atom is -0.349 e. The van der Waals surface area contributed by atoms with Crippen LogP contribution in [0.3, 0.4) is 0 Å². The first-order valence-electron chi connectivity index (χ1n) is 10.5. The Hall–Kier alpha value is -2.45. The third-order valence-corrected chi connectivity index (χ3v) is 5.85. The van der Waals surface area contributed by atoms with E-state index >= 15 is 0 Å². The smallest absolute Gasteiger partial charge is 0.277 e. The number of anilines is 1. The lowest BCUT2D eigenvalue weighted by Gasteiger charge is -2.22. The number of hydrogen-bond donors (Lipinski definition) is 3. The van der Waals surface area contributed by atoms with Crippen LogP contribution in [0, 0.1) is 6.92 Å². The van der Waals surface area contributed by atoms with Crippen molar-refractivity contribution in [2.45, 2.75) is 57.5 Å². The van der Waals surface area contributed by atoms with Gasteiger partial charge in [0.15, 0.2) is 5.69 Å². The molecule has 0 bridgehead atoms. The molecule has 1 aliphatic heterocycles. The van der Waals surface area contributed by atoms with E-state index in [2.05, 4.69) is 26.3 Å². The van der Waals surface area contributed by atoms with Crippen LogP contribution in [0.15, 0.2) is 24.4 Å². The van der Waals surface area contributed by atoms with Crippen molar-refractivity contribution in [2.75, 3.05) is 18.4 Å². The third-order valence-electron chi connectivity index (χ3n) is 5.85. The molecular weight excluding hydrogens is 404 g/mol. The van der Waals surface area contributed by atoms with Gasteiger partial charge in [0, 0.05) is 17.3 Å². The molecule has 1 aromatic heterocycles. The van der Waals surface area contributed by atoms with Crippen LogP contribution in [0.2, 0.25) is 0 Å². The topological polar surface area (TPSA) is 101 Å². The van der Waals surface area contributed by atoms with Gasteiger partial charge in [0.2, 0.25) is 0 Å². The maximum Gasteiger partial charge on any atom is 0.277 e.